The van der Waals surface area contributed by atoms with Crippen LogP contribution in [0.4, 0.5) is 5.69 Å². The van der Waals surface area contributed by atoms with Crippen LogP contribution in [0.1, 0.15) is 16.8 Å². The van der Waals surface area contributed by atoms with Crippen LogP contribution in [0, 0.1) is 6.92 Å². The predicted octanol–water partition coefficient (Wildman–Crippen LogP) is 3.77. The summed E-state index contributed by atoms with van der Waals surface area (Å²) in [5.41, 5.74) is 5.30. The molecule has 2 aliphatic heterocycles. The van der Waals surface area contributed by atoms with Crippen molar-refractivity contribution in [3.05, 3.63) is 78.4 Å². The van der Waals surface area contributed by atoms with Gasteiger partial charge < -0.3 is 4.90 Å². The van der Waals surface area contributed by atoms with Crippen molar-refractivity contribution in [1.82, 2.24) is 24.2 Å². The summed E-state index contributed by atoms with van der Waals surface area (Å²) in [6.07, 6.45) is 12.7. The summed E-state index contributed by atoms with van der Waals surface area (Å²) in [7, 11) is 0. The Kier molecular flexibility index (Phi) is 4.67. The van der Waals surface area contributed by atoms with Gasteiger partial charge in [-0.2, -0.15) is 0 Å². The minimum Gasteiger partial charge on any atom is -0.304 e. The molecular weight excluding hydrogens is 432 g/mol. The molecule has 1 aromatic carbocycles. The fraction of sp³-hybridized carbons (Fsp3) is 0.240. The third-order valence-corrected chi connectivity index (χ3v) is 7.47. The molecule has 5 heterocycles. The number of aromatic nitrogens is 4. The van der Waals surface area contributed by atoms with Gasteiger partial charge >= 0.3 is 0 Å². The lowest BCUT2D eigenvalue weighted by atomic mass is 9.76. The highest BCUT2D eigenvalue weighted by atomic mass is 32.2. The van der Waals surface area contributed by atoms with E-state index in [1.165, 1.54) is 11.9 Å². The quantitative estimate of drug-likeness (QED) is 0.435. The Balaban J connectivity index is 1.48. The first kappa shape index (κ1) is 20.3. The molecule has 164 valence electrons. The van der Waals surface area contributed by atoms with Gasteiger partial charge in [-0.05, 0) is 36.3 Å². The molecule has 1 fully saturated rings. The lowest BCUT2D eigenvalue weighted by molar-refractivity contribution is -0.126. The van der Waals surface area contributed by atoms with Crippen molar-refractivity contribution in [3.63, 3.8) is 0 Å². The maximum absolute atomic E-state index is 13.8. The number of benzene rings is 1. The molecule has 0 aliphatic carbocycles. The largest absolute Gasteiger partial charge is 0.304 e. The second-order valence-electron chi connectivity index (χ2n) is 8.64. The number of hydrogen-bond donors (Lipinski definition) is 0. The Morgan fingerprint density at radius 1 is 1.06 bits per heavy atom. The summed E-state index contributed by atoms with van der Waals surface area (Å²) < 4.78 is 2.22. The molecule has 1 saturated heterocycles. The smallest absolute Gasteiger partial charge is 0.240 e. The van der Waals surface area contributed by atoms with E-state index in [9.17, 15) is 4.79 Å². The van der Waals surface area contributed by atoms with Crippen LogP contribution in [-0.2, 0) is 16.8 Å². The molecule has 0 unspecified atom stereocenters. The third kappa shape index (κ3) is 3.05. The Morgan fingerprint density at radius 2 is 1.88 bits per heavy atom. The molecule has 33 heavy (non-hydrogen) atoms. The van der Waals surface area contributed by atoms with E-state index in [0.717, 1.165) is 38.8 Å². The number of amides is 1. The standard InChI is InChI=1S/C25H22N6OS/c1-16-3-4-19-17(7-16)10-29-21(23(19)18-8-27-15-28-9-18)12-31-22-11-26-6-5-20(22)25(24(31)32)13-30(14-25)33-2/h3-11,15H,12-14H2,1-2H3. The number of anilines is 1. The highest BCUT2D eigenvalue weighted by Gasteiger charge is 2.58. The van der Waals surface area contributed by atoms with Gasteiger partial charge in [0.05, 0.1) is 24.1 Å². The number of carbonyl (C=O) groups excluding carboxylic acids is 1. The van der Waals surface area contributed by atoms with Crippen LogP contribution in [0.2, 0.25) is 0 Å². The van der Waals surface area contributed by atoms with Gasteiger partial charge in [-0.15, -0.1) is 0 Å². The van der Waals surface area contributed by atoms with Gasteiger partial charge in [0.2, 0.25) is 5.91 Å². The van der Waals surface area contributed by atoms with Crippen molar-refractivity contribution in [2.75, 3.05) is 24.2 Å². The van der Waals surface area contributed by atoms with Crippen molar-refractivity contribution in [2.24, 2.45) is 0 Å². The topological polar surface area (TPSA) is 75.1 Å². The average molecular weight is 455 g/mol. The Bertz CT molecular complexity index is 1390. The molecule has 0 saturated carbocycles. The molecule has 7 nitrogen and oxygen atoms in total. The molecule has 0 N–H and O–H groups in total. The zero-order valence-electron chi connectivity index (χ0n) is 18.4. The number of aryl methyl sites for hydroxylation is 1. The monoisotopic (exact) mass is 454 g/mol. The molecule has 0 bridgehead atoms. The maximum Gasteiger partial charge on any atom is 0.240 e. The van der Waals surface area contributed by atoms with Crippen molar-refractivity contribution in [2.45, 2.75) is 18.9 Å². The zero-order valence-corrected chi connectivity index (χ0v) is 19.2. The molecule has 6 rings (SSSR count). The van der Waals surface area contributed by atoms with Crippen LogP contribution >= 0.6 is 11.9 Å². The second kappa shape index (κ2) is 7.60. The van der Waals surface area contributed by atoms with Gasteiger partial charge in [-0.25, -0.2) is 14.3 Å². The third-order valence-electron chi connectivity index (χ3n) is 6.69. The van der Waals surface area contributed by atoms with Gasteiger partial charge in [-0.1, -0.05) is 29.6 Å². The van der Waals surface area contributed by atoms with E-state index in [1.807, 2.05) is 23.4 Å². The van der Waals surface area contributed by atoms with Crippen LogP contribution in [0.25, 0.3) is 21.9 Å². The number of fused-ring (bicyclic) bond motifs is 3. The van der Waals surface area contributed by atoms with Gasteiger partial charge in [0.1, 0.15) is 11.7 Å². The molecule has 0 atom stereocenters. The second-order valence-corrected chi connectivity index (χ2v) is 9.53. The summed E-state index contributed by atoms with van der Waals surface area (Å²) in [5.74, 6) is 0.122. The minimum atomic E-state index is -0.495. The molecule has 1 spiro atoms. The summed E-state index contributed by atoms with van der Waals surface area (Å²) >= 11 is 1.68. The number of hydrogen-bond acceptors (Lipinski definition) is 7. The number of rotatable bonds is 4. The Hall–Kier alpha value is -3.36. The maximum atomic E-state index is 13.8. The van der Waals surface area contributed by atoms with E-state index in [-0.39, 0.29) is 5.91 Å². The first-order valence-electron chi connectivity index (χ1n) is 10.8. The van der Waals surface area contributed by atoms with E-state index in [0.29, 0.717) is 19.6 Å². The van der Waals surface area contributed by atoms with Crippen LogP contribution < -0.4 is 4.90 Å². The van der Waals surface area contributed by atoms with Gasteiger partial charge in [-0.3, -0.25) is 14.8 Å². The van der Waals surface area contributed by atoms with Gasteiger partial charge in [0, 0.05) is 54.4 Å². The van der Waals surface area contributed by atoms with Crippen LogP contribution in [0.15, 0.2) is 61.6 Å². The molecule has 8 heteroatoms. The summed E-state index contributed by atoms with van der Waals surface area (Å²) in [4.78, 5) is 33.3. The van der Waals surface area contributed by atoms with E-state index in [1.54, 1.807) is 36.7 Å². The Labute approximate surface area is 196 Å². The van der Waals surface area contributed by atoms with E-state index < -0.39 is 5.41 Å². The summed E-state index contributed by atoms with van der Waals surface area (Å²) in [5, 5.41) is 2.13. The molecule has 4 aromatic rings. The van der Waals surface area contributed by atoms with Crippen LogP contribution in [-0.4, -0.2) is 49.5 Å². The SMILES string of the molecule is CSN1CC2(C1)C(=O)N(Cc1ncc3cc(C)ccc3c1-c1cncnc1)c1cnccc12. The minimum absolute atomic E-state index is 0.122. The molecule has 2 aliphatic rings. The van der Waals surface area contributed by atoms with E-state index in [4.69, 9.17) is 4.98 Å². The van der Waals surface area contributed by atoms with Crippen LogP contribution in [0.3, 0.4) is 0 Å². The van der Waals surface area contributed by atoms with Gasteiger partial charge in [0.15, 0.2) is 0 Å². The van der Waals surface area contributed by atoms with Crippen molar-refractivity contribution < 1.29 is 4.79 Å². The summed E-state index contributed by atoms with van der Waals surface area (Å²) in [6, 6.07) is 8.33. The number of pyridine rings is 2. The number of carbonyl (C=O) groups is 1. The van der Waals surface area contributed by atoms with Crippen molar-refractivity contribution in [3.8, 4) is 11.1 Å². The predicted molar refractivity (Wildman–Crippen MR) is 130 cm³/mol. The van der Waals surface area contributed by atoms with Crippen LogP contribution in [0.5, 0.6) is 0 Å². The fourth-order valence-corrected chi connectivity index (χ4v) is 5.74. The zero-order chi connectivity index (χ0) is 22.6. The molecule has 0 radical (unpaired) electrons. The average Bonchev–Trinajstić information content (AvgIpc) is 3.06. The highest BCUT2D eigenvalue weighted by molar-refractivity contribution is 7.96. The molecular formula is C25H22N6OS. The van der Waals surface area contributed by atoms with Gasteiger partial charge in [0.25, 0.3) is 0 Å². The Morgan fingerprint density at radius 3 is 2.67 bits per heavy atom. The summed E-state index contributed by atoms with van der Waals surface area (Å²) in [6.45, 7) is 3.86. The molecule has 1 amide bonds. The van der Waals surface area contributed by atoms with Crippen molar-refractivity contribution in [1.29, 1.82) is 0 Å². The lowest BCUT2D eigenvalue weighted by Crippen LogP contribution is -2.61. The van der Waals surface area contributed by atoms with E-state index >= 15 is 0 Å². The molecule has 3 aromatic heterocycles. The normalized spacial score (nSPS) is 16.9. The first-order chi connectivity index (χ1) is 16.1. The lowest BCUT2D eigenvalue weighted by Gasteiger charge is -2.45. The fourth-order valence-electron chi connectivity index (χ4n) is 5.04. The number of nitrogens with zero attached hydrogens (tertiary/aromatic N) is 6. The van der Waals surface area contributed by atoms with Crippen molar-refractivity contribution >= 4 is 34.3 Å². The first-order valence-corrected chi connectivity index (χ1v) is 12.0. The highest BCUT2D eigenvalue weighted by Crippen LogP contribution is 2.49. The van der Waals surface area contributed by atoms with E-state index in [2.05, 4.69) is 44.4 Å².